The Morgan fingerprint density at radius 3 is 2.67 bits per heavy atom. The standard InChI is InChI=1S/C13H12N4O2S2/c1-17-9-14-12(16-17)8-21(18,19)13-15-11(7-20-13)10-5-3-2-4-6-10/h2-7,9H,8H2,1H3. The highest BCUT2D eigenvalue weighted by molar-refractivity contribution is 7.92. The van der Waals surface area contributed by atoms with Crippen LogP contribution >= 0.6 is 11.3 Å². The van der Waals surface area contributed by atoms with Gasteiger partial charge >= 0.3 is 0 Å². The van der Waals surface area contributed by atoms with Crippen LogP contribution in [0.3, 0.4) is 0 Å². The lowest BCUT2D eigenvalue weighted by atomic mass is 10.2. The molecule has 21 heavy (non-hydrogen) atoms. The molecule has 3 aromatic rings. The molecule has 6 nitrogen and oxygen atoms in total. The Hall–Kier alpha value is -2.06. The topological polar surface area (TPSA) is 77.7 Å². The second kappa shape index (κ2) is 5.38. The predicted octanol–water partition coefficient (Wildman–Crippen LogP) is 1.91. The lowest BCUT2D eigenvalue weighted by molar-refractivity contribution is 0.592. The SMILES string of the molecule is Cn1cnc(CS(=O)(=O)c2nc(-c3ccccc3)cs2)n1. The fraction of sp³-hybridized carbons (Fsp3) is 0.154. The van der Waals surface area contributed by atoms with E-state index in [9.17, 15) is 8.42 Å². The maximum atomic E-state index is 12.3. The van der Waals surface area contributed by atoms with E-state index in [2.05, 4.69) is 15.1 Å². The highest BCUT2D eigenvalue weighted by Gasteiger charge is 2.22. The molecule has 8 heteroatoms. The van der Waals surface area contributed by atoms with Crippen molar-refractivity contribution in [2.75, 3.05) is 0 Å². The zero-order valence-corrected chi connectivity index (χ0v) is 12.8. The zero-order chi connectivity index (χ0) is 14.9. The molecule has 0 aliphatic heterocycles. The largest absolute Gasteiger partial charge is 0.256 e. The molecule has 0 radical (unpaired) electrons. The van der Waals surface area contributed by atoms with Gasteiger partial charge in [0.2, 0.25) is 14.2 Å². The van der Waals surface area contributed by atoms with Gasteiger partial charge in [-0.3, -0.25) is 4.68 Å². The summed E-state index contributed by atoms with van der Waals surface area (Å²) in [5, 5.41) is 5.73. The number of nitrogens with zero attached hydrogens (tertiary/aromatic N) is 4. The van der Waals surface area contributed by atoms with Crippen LogP contribution in [0.4, 0.5) is 0 Å². The van der Waals surface area contributed by atoms with Gasteiger partial charge in [0.1, 0.15) is 12.1 Å². The number of rotatable bonds is 4. The van der Waals surface area contributed by atoms with Crippen molar-refractivity contribution in [2.45, 2.75) is 10.1 Å². The van der Waals surface area contributed by atoms with Gasteiger partial charge in [-0.25, -0.2) is 18.4 Å². The minimum Gasteiger partial charge on any atom is -0.256 e. The van der Waals surface area contributed by atoms with Crippen molar-refractivity contribution in [1.29, 1.82) is 0 Å². The molecular weight excluding hydrogens is 308 g/mol. The van der Waals surface area contributed by atoms with E-state index >= 15 is 0 Å². The van der Waals surface area contributed by atoms with Crippen LogP contribution in [0.15, 0.2) is 46.4 Å². The Morgan fingerprint density at radius 2 is 2.00 bits per heavy atom. The summed E-state index contributed by atoms with van der Waals surface area (Å²) in [4.78, 5) is 8.16. The van der Waals surface area contributed by atoms with Gasteiger partial charge in [0.15, 0.2) is 5.82 Å². The molecule has 1 aromatic carbocycles. The molecule has 0 unspecified atom stereocenters. The van der Waals surface area contributed by atoms with E-state index < -0.39 is 9.84 Å². The molecule has 2 aromatic heterocycles. The highest BCUT2D eigenvalue weighted by atomic mass is 32.2. The third-order valence-corrected chi connectivity index (χ3v) is 5.73. The summed E-state index contributed by atoms with van der Waals surface area (Å²) in [6.45, 7) is 0. The monoisotopic (exact) mass is 320 g/mol. The Balaban J connectivity index is 1.88. The smallest absolute Gasteiger partial charge is 0.212 e. The lowest BCUT2D eigenvalue weighted by Gasteiger charge is -1.97. The van der Waals surface area contributed by atoms with Crippen molar-refractivity contribution in [3.05, 3.63) is 47.9 Å². The summed E-state index contributed by atoms with van der Waals surface area (Å²) in [6.07, 6.45) is 1.47. The number of hydrogen-bond acceptors (Lipinski definition) is 6. The Bertz CT molecular complexity index is 853. The summed E-state index contributed by atoms with van der Waals surface area (Å²) in [5.41, 5.74) is 1.55. The lowest BCUT2D eigenvalue weighted by Crippen LogP contribution is -2.06. The van der Waals surface area contributed by atoms with Gasteiger partial charge in [-0.2, -0.15) is 5.10 Å². The molecule has 0 aliphatic carbocycles. The molecule has 108 valence electrons. The molecular formula is C13H12N4O2S2. The van der Waals surface area contributed by atoms with E-state index in [4.69, 9.17) is 0 Å². The van der Waals surface area contributed by atoms with Crippen molar-refractivity contribution in [3.8, 4) is 11.3 Å². The fourth-order valence-electron chi connectivity index (χ4n) is 1.82. The normalized spacial score (nSPS) is 11.7. The van der Waals surface area contributed by atoms with Gasteiger partial charge in [-0.1, -0.05) is 30.3 Å². The van der Waals surface area contributed by atoms with Gasteiger partial charge in [0, 0.05) is 18.0 Å². The highest BCUT2D eigenvalue weighted by Crippen LogP contribution is 2.25. The van der Waals surface area contributed by atoms with Gasteiger partial charge < -0.3 is 0 Å². The quantitative estimate of drug-likeness (QED) is 0.734. The first-order chi connectivity index (χ1) is 10.0. The van der Waals surface area contributed by atoms with Crippen LogP contribution in [-0.4, -0.2) is 28.2 Å². The van der Waals surface area contributed by atoms with Crippen LogP contribution in [0.1, 0.15) is 5.82 Å². The van der Waals surface area contributed by atoms with E-state index in [1.54, 1.807) is 12.4 Å². The van der Waals surface area contributed by atoms with Crippen LogP contribution in [0, 0.1) is 0 Å². The third kappa shape index (κ3) is 3.01. The van der Waals surface area contributed by atoms with Gasteiger partial charge in [0.05, 0.1) is 5.69 Å². The van der Waals surface area contributed by atoms with Crippen molar-refractivity contribution >= 4 is 21.2 Å². The Labute approximate surface area is 126 Å². The average molecular weight is 320 g/mol. The number of hydrogen-bond donors (Lipinski definition) is 0. The second-order valence-corrected chi connectivity index (χ2v) is 7.48. The van der Waals surface area contributed by atoms with E-state index in [1.807, 2.05) is 30.3 Å². The van der Waals surface area contributed by atoms with Crippen LogP contribution < -0.4 is 0 Å². The minimum absolute atomic E-state index is 0.0915. The zero-order valence-electron chi connectivity index (χ0n) is 11.2. The molecule has 0 aliphatic rings. The van der Waals surface area contributed by atoms with E-state index in [0.29, 0.717) is 5.69 Å². The summed E-state index contributed by atoms with van der Waals surface area (Å²) in [5.74, 6) is 0.0317. The van der Waals surface area contributed by atoms with Gasteiger partial charge in [-0.15, -0.1) is 11.3 Å². The molecule has 0 N–H and O–H groups in total. The molecule has 0 fully saturated rings. The molecule has 0 bridgehead atoms. The number of benzene rings is 1. The molecule has 0 amide bonds. The Kier molecular flexibility index (Phi) is 3.56. The van der Waals surface area contributed by atoms with Crippen molar-refractivity contribution in [3.63, 3.8) is 0 Å². The summed E-state index contributed by atoms with van der Waals surface area (Å²) >= 11 is 1.12. The first-order valence-corrected chi connectivity index (χ1v) is 8.66. The first-order valence-electron chi connectivity index (χ1n) is 6.13. The summed E-state index contributed by atoms with van der Waals surface area (Å²) in [7, 11) is -1.82. The van der Waals surface area contributed by atoms with Gasteiger partial charge in [0.25, 0.3) is 0 Å². The van der Waals surface area contributed by atoms with Crippen LogP contribution in [0.2, 0.25) is 0 Å². The Morgan fingerprint density at radius 1 is 1.24 bits per heavy atom. The molecule has 0 saturated carbocycles. The molecule has 2 heterocycles. The van der Waals surface area contributed by atoms with Crippen LogP contribution in [-0.2, 0) is 22.6 Å². The van der Waals surface area contributed by atoms with Gasteiger partial charge in [-0.05, 0) is 0 Å². The average Bonchev–Trinajstić information content (AvgIpc) is 3.09. The molecule has 0 saturated heterocycles. The predicted molar refractivity (Wildman–Crippen MR) is 79.4 cm³/mol. The van der Waals surface area contributed by atoms with E-state index in [1.165, 1.54) is 11.0 Å². The van der Waals surface area contributed by atoms with E-state index in [0.717, 1.165) is 16.9 Å². The molecule has 0 spiro atoms. The second-order valence-electron chi connectivity index (χ2n) is 4.46. The van der Waals surface area contributed by atoms with E-state index in [-0.39, 0.29) is 15.9 Å². The maximum absolute atomic E-state index is 12.3. The number of aromatic nitrogens is 4. The van der Waals surface area contributed by atoms with Crippen LogP contribution in [0.5, 0.6) is 0 Å². The third-order valence-electron chi connectivity index (χ3n) is 2.78. The maximum Gasteiger partial charge on any atom is 0.212 e. The summed E-state index contributed by atoms with van der Waals surface area (Å²) in [6, 6.07) is 9.47. The first kappa shape index (κ1) is 13.9. The van der Waals surface area contributed by atoms with Crippen molar-refractivity contribution in [2.24, 2.45) is 7.05 Å². The number of sulfone groups is 1. The number of thiazole rings is 1. The van der Waals surface area contributed by atoms with Crippen LogP contribution in [0.25, 0.3) is 11.3 Å². The fourth-order valence-corrected chi connectivity index (χ4v) is 4.12. The van der Waals surface area contributed by atoms with Crippen molar-refractivity contribution < 1.29 is 8.42 Å². The number of aryl methyl sites for hydroxylation is 1. The minimum atomic E-state index is -3.52. The van der Waals surface area contributed by atoms with Crippen molar-refractivity contribution in [1.82, 2.24) is 19.7 Å². The summed E-state index contributed by atoms with van der Waals surface area (Å²) < 4.78 is 26.2. The molecule has 0 atom stereocenters. The molecule has 3 rings (SSSR count).